The molecule has 2 aliphatic rings. The Balaban J connectivity index is 1.57. The van der Waals surface area contributed by atoms with Gasteiger partial charge in [-0.2, -0.15) is 0 Å². The third kappa shape index (κ3) is 4.44. The third-order valence-corrected chi connectivity index (χ3v) is 5.30. The summed E-state index contributed by atoms with van der Waals surface area (Å²) in [5.41, 5.74) is 0.497. The molecule has 3 nitrogen and oxygen atoms in total. The summed E-state index contributed by atoms with van der Waals surface area (Å²) < 4.78 is 0. The first-order valence-corrected chi connectivity index (χ1v) is 8.25. The predicted octanol–water partition coefficient (Wildman–Crippen LogP) is 2.09. The summed E-state index contributed by atoms with van der Waals surface area (Å²) in [6, 6.07) is 0.724. The van der Waals surface area contributed by atoms with Gasteiger partial charge in [-0.1, -0.05) is 20.3 Å². The maximum atomic E-state index is 3.70. The van der Waals surface area contributed by atoms with Gasteiger partial charge in [-0.05, 0) is 44.1 Å². The molecule has 2 N–H and O–H groups in total. The van der Waals surface area contributed by atoms with E-state index in [1.165, 1.54) is 51.9 Å². The molecular weight excluding hydrogens is 234 g/mol. The topological polar surface area (TPSA) is 27.3 Å². The first-order valence-electron chi connectivity index (χ1n) is 8.25. The molecule has 0 aromatic carbocycles. The molecule has 2 fully saturated rings. The Morgan fingerprint density at radius 1 is 1.26 bits per heavy atom. The molecule has 1 atom stereocenters. The maximum Gasteiger partial charge on any atom is 0.0110 e. The van der Waals surface area contributed by atoms with E-state index in [4.69, 9.17) is 0 Å². The molecule has 0 amide bonds. The van der Waals surface area contributed by atoms with Gasteiger partial charge in [-0.3, -0.25) is 4.90 Å². The number of piperazine rings is 1. The highest BCUT2D eigenvalue weighted by molar-refractivity contribution is 4.86. The van der Waals surface area contributed by atoms with Crippen molar-refractivity contribution >= 4 is 0 Å². The molecule has 0 aromatic heterocycles. The van der Waals surface area contributed by atoms with Gasteiger partial charge in [-0.15, -0.1) is 0 Å². The van der Waals surface area contributed by atoms with Crippen LogP contribution in [0.2, 0.25) is 0 Å². The van der Waals surface area contributed by atoms with Crippen LogP contribution in [0.4, 0.5) is 0 Å². The average Bonchev–Trinajstić information content (AvgIpc) is 2.33. The van der Waals surface area contributed by atoms with Crippen LogP contribution >= 0.6 is 0 Å². The van der Waals surface area contributed by atoms with E-state index in [9.17, 15) is 0 Å². The lowest BCUT2D eigenvalue weighted by atomic mass is 9.67. The smallest absolute Gasteiger partial charge is 0.0110 e. The SMILES string of the molecule is CC(CCNCC(C)(C)C1CCC1)N1CCNCC1. The fraction of sp³-hybridized carbons (Fsp3) is 1.00. The fourth-order valence-electron chi connectivity index (χ4n) is 3.36. The third-order valence-electron chi connectivity index (χ3n) is 5.30. The van der Waals surface area contributed by atoms with Crippen LogP contribution in [0.25, 0.3) is 0 Å². The van der Waals surface area contributed by atoms with E-state index in [0.29, 0.717) is 5.41 Å². The second kappa shape index (κ2) is 7.05. The van der Waals surface area contributed by atoms with E-state index in [2.05, 4.69) is 36.3 Å². The van der Waals surface area contributed by atoms with Gasteiger partial charge < -0.3 is 10.6 Å². The standard InChI is InChI=1S/C16H33N3/c1-14(19-11-9-17-10-12-19)7-8-18-13-16(2,3)15-5-4-6-15/h14-15,17-18H,4-13H2,1-3H3. The van der Waals surface area contributed by atoms with Gasteiger partial charge in [0.25, 0.3) is 0 Å². The number of hydrogen-bond acceptors (Lipinski definition) is 3. The Labute approximate surface area is 119 Å². The molecule has 0 bridgehead atoms. The Hall–Kier alpha value is -0.120. The van der Waals surface area contributed by atoms with Gasteiger partial charge in [0.15, 0.2) is 0 Å². The zero-order valence-electron chi connectivity index (χ0n) is 13.2. The van der Waals surface area contributed by atoms with Crippen LogP contribution in [0.1, 0.15) is 46.5 Å². The summed E-state index contributed by atoms with van der Waals surface area (Å²) in [6.07, 6.45) is 5.63. The zero-order valence-corrected chi connectivity index (χ0v) is 13.2. The van der Waals surface area contributed by atoms with E-state index in [0.717, 1.165) is 25.0 Å². The van der Waals surface area contributed by atoms with Crippen molar-refractivity contribution in [1.29, 1.82) is 0 Å². The van der Waals surface area contributed by atoms with Crippen LogP contribution in [-0.4, -0.2) is 50.2 Å². The quantitative estimate of drug-likeness (QED) is 0.692. The summed E-state index contributed by atoms with van der Waals surface area (Å²) >= 11 is 0. The largest absolute Gasteiger partial charge is 0.316 e. The van der Waals surface area contributed by atoms with Gasteiger partial charge >= 0.3 is 0 Å². The zero-order chi connectivity index (χ0) is 13.7. The Kier molecular flexibility index (Phi) is 5.67. The van der Waals surface area contributed by atoms with Crippen molar-refractivity contribution in [1.82, 2.24) is 15.5 Å². The number of nitrogens with one attached hydrogen (secondary N) is 2. The van der Waals surface area contributed by atoms with E-state index in [-0.39, 0.29) is 0 Å². The van der Waals surface area contributed by atoms with Crippen molar-refractivity contribution in [3.05, 3.63) is 0 Å². The summed E-state index contributed by atoms with van der Waals surface area (Å²) in [6.45, 7) is 14.4. The van der Waals surface area contributed by atoms with Crippen molar-refractivity contribution in [2.24, 2.45) is 11.3 Å². The van der Waals surface area contributed by atoms with Crippen molar-refractivity contribution in [2.45, 2.75) is 52.5 Å². The van der Waals surface area contributed by atoms with Crippen molar-refractivity contribution < 1.29 is 0 Å². The molecule has 1 aliphatic heterocycles. The summed E-state index contributed by atoms with van der Waals surface area (Å²) in [5.74, 6) is 0.964. The van der Waals surface area contributed by atoms with Crippen LogP contribution in [0.15, 0.2) is 0 Å². The van der Waals surface area contributed by atoms with E-state index >= 15 is 0 Å². The Morgan fingerprint density at radius 2 is 1.95 bits per heavy atom. The van der Waals surface area contributed by atoms with Crippen LogP contribution < -0.4 is 10.6 Å². The van der Waals surface area contributed by atoms with E-state index in [1.807, 2.05) is 0 Å². The minimum Gasteiger partial charge on any atom is -0.316 e. The van der Waals surface area contributed by atoms with Crippen molar-refractivity contribution in [2.75, 3.05) is 39.3 Å². The molecule has 2 rings (SSSR count). The minimum absolute atomic E-state index is 0.497. The van der Waals surface area contributed by atoms with Gasteiger partial charge in [0.05, 0.1) is 0 Å². The highest BCUT2D eigenvalue weighted by Gasteiger charge is 2.33. The van der Waals surface area contributed by atoms with E-state index < -0.39 is 0 Å². The second-order valence-electron chi connectivity index (χ2n) is 7.22. The molecule has 1 aliphatic carbocycles. The second-order valence-corrected chi connectivity index (χ2v) is 7.22. The lowest BCUT2D eigenvalue weighted by Crippen LogP contribution is -2.48. The highest BCUT2D eigenvalue weighted by Crippen LogP contribution is 2.41. The number of hydrogen-bond donors (Lipinski definition) is 2. The Morgan fingerprint density at radius 3 is 2.53 bits per heavy atom. The molecule has 1 unspecified atom stereocenters. The molecule has 112 valence electrons. The average molecular weight is 267 g/mol. The predicted molar refractivity (Wildman–Crippen MR) is 82.5 cm³/mol. The Bertz CT molecular complexity index is 255. The van der Waals surface area contributed by atoms with Gasteiger partial charge in [-0.25, -0.2) is 0 Å². The highest BCUT2D eigenvalue weighted by atomic mass is 15.2. The minimum atomic E-state index is 0.497. The van der Waals surface area contributed by atoms with E-state index in [1.54, 1.807) is 0 Å². The van der Waals surface area contributed by atoms with Crippen molar-refractivity contribution in [3.63, 3.8) is 0 Å². The van der Waals surface area contributed by atoms with Crippen molar-refractivity contribution in [3.8, 4) is 0 Å². The molecule has 19 heavy (non-hydrogen) atoms. The number of nitrogens with zero attached hydrogens (tertiary/aromatic N) is 1. The number of rotatable bonds is 7. The lowest BCUT2D eigenvalue weighted by Gasteiger charge is -2.41. The molecule has 0 aromatic rings. The molecule has 0 spiro atoms. The fourth-order valence-corrected chi connectivity index (χ4v) is 3.36. The maximum absolute atomic E-state index is 3.70. The van der Waals surface area contributed by atoms with Crippen LogP contribution in [0.3, 0.4) is 0 Å². The normalized spacial score (nSPS) is 24.2. The first kappa shape index (κ1) is 15.3. The molecule has 1 saturated carbocycles. The van der Waals surface area contributed by atoms with Crippen LogP contribution in [0.5, 0.6) is 0 Å². The molecule has 0 radical (unpaired) electrons. The lowest BCUT2D eigenvalue weighted by molar-refractivity contribution is 0.117. The summed E-state index contributed by atoms with van der Waals surface area (Å²) in [7, 11) is 0. The molecular formula is C16H33N3. The van der Waals surface area contributed by atoms with Gasteiger partial charge in [0.2, 0.25) is 0 Å². The van der Waals surface area contributed by atoms with Gasteiger partial charge in [0, 0.05) is 38.8 Å². The monoisotopic (exact) mass is 267 g/mol. The first-order chi connectivity index (χ1) is 9.09. The van der Waals surface area contributed by atoms with Gasteiger partial charge in [0.1, 0.15) is 0 Å². The van der Waals surface area contributed by atoms with Crippen LogP contribution in [0, 0.1) is 11.3 Å². The summed E-state index contributed by atoms with van der Waals surface area (Å²) in [4.78, 5) is 2.62. The molecule has 1 heterocycles. The van der Waals surface area contributed by atoms with Crippen LogP contribution in [-0.2, 0) is 0 Å². The summed E-state index contributed by atoms with van der Waals surface area (Å²) in [5, 5.41) is 7.13. The molecule has 3 heteroatoms. The molecule has 1 saturated heterocycles.